The van der Waals surface area contributed by atoms with Crippen LogP contribution in [0, 0.1) is 0 Å². The summed E-state index contributed by atoms with van der Waals surface area (Å²) in [7, 11) is 0. The lowest BCUT2D eigenvalue weighted by Crippen LogP contribution is -2.54. The highest BCUT2D eigenvalue weighted by Gasteiger charge is 2.28. The van der Waals surface area contributed by atoms with Crippen LogP contribution in [-0.2, 0) is 33.8 Å². The lowest BCUT2D eigenvalue weighted by Gasteiger charge is -2.22. The number of amides is 3. The number of carbonyl (C=O) groups is 3. The number of rotatable bonds is 10. The van der Waals surface area contributed by atoms with E-state index in [1.54, 1.807) is 22.6 Å². The van der Waals surface area contributed by atoms with Gasteiger partial charge in [-0.2, -0.15) is 0 Å². The number of hydrogen-bond donors (Lipinski definition) is 5. The summed E-state index contributed by atoms with van der Waals surface area (Å²) in [5.74, 6) is -1.41. The van der Waals surface area contributed by atoms with Crippen molar-refractivity contribution in [3.05, 3.63) is 88.5 Å². The Balaban J connectivity index is 1.50. The van der Waals surface area contributed by atoms with Gasteiger partial charge in [0.25, 0.3) is 5.91 Å². The Morgan fingerprint density at radius 3 is 2.47 bits per heavy atom. The van der Waals surface area contributed by atoms with Crippen LogP contribution in [0.25, 0.3) is 10.9 Å². The molecule has 0 saturated heterocycles. The molecule has 2 heterocycles. The van der Waals surface area contributed by atoms with Crippen LogP contribution in [0.5, 0.6) is 0 Å². The molecule has 0 saturated carbocycles. The largest absolute Gasteiger partial charge is 0.445 e. The molecule has 2 atom stereocenters. The van der Waals surface area contributed by atoms with Crippen LogP contribution in [0.4, 0.5) is 4.79 Å². The number of ether oxygens (including phenoxy) is 1. The fourth-order valence-electron chi connectivity index (χ4n) is 3.74. The van der Waals surface area contributed by atoms with Crippen molar-refractivity contribution < 1.29 is 24.3 Å². The highest BCUT2D eigenvalue weighted by molar-refractivity contribution is 7.07. The summed E-state index contributed by atoms with van der Waals surface area (Å²) in [6.45, 7) is 0.0352. The van der Waals surface area contributed by atoms with Gasteiger partial charge in [-0.25, -0.2) is 15.3 Å². The molecular formula is C25H25N5O5S. The summed E-state index contributed by atoms with van der Waals surface area (Å²) in [5.41, 5.74) is 6.25. The fourth-order valence-corrected chi connectivity index (χ4v) is 4.31. The zero-order valence-electron chi connectivity index (χ0n) is 19.1. The minimum atomic E-state index is -1.10. The summed E-state index contributed by atoms with van der Waals surface area (Å²) in [6.07, 6.45) is 1.21. The van der Waals surface area contributed by atoms with Crippen LogP contribution in [-0.4, -0.2) is 45.2 Å². The number of H-pyrrole nitrogens is 1. The predicted octanol–water partition coefficient (Wildman–Crippen LogP) is 2.69. The minimum Gasteiger partial charge on any atom is -0.445 e. The number of thiazole rings is 1. The summed E-state index contributed by atoms with van der Waals surface area (Å²) >= 11 is 1.35. The molecule has 4 aromatic rings. The number of nitrogens with one attached hydrogen (secondary N) is 4. The topological polar surface area (TPSA) is 145 Å². The Labute approximate surface area is 210 Å². The number of alkyl carbamates (subject to hydrolysis) is 1. The molecule has 186 valence electrons. The average molecular weight is 508 g/mol. The van der Waals surface area contributed by atoms with Gasteiger partial charge >= 0.3 is 6.09 Å². The molecule has 0 aliphatic rings. The number of fused-ring (bicyclic) bond motifs is 1. The van der Waals surface area contributed by atoms with Crippen LogP contribution < -0.4 is 16.1 Å². The molecule has 2 aromatic heterocycles. The van der Waals surface area contributed by atoms with Crippen LogP contribution in [0.2, 0.25) is 0 Å². The molecule has 10 nitrogen and oxygen atoms in total. The zero-order chi connectivity index (χ0) is 25.3. The third-order valence-electron chi connectivity index (χ3n) is 5.56. The number of carbonyl (C=O) groups excluding carboxylic acids is 3. The number of aromatic amines is 1. The number of hydroxylamine groups is 1. The van der Waals surface area contributed by atoms with Gasteiger partial charge in [-0.3, -0.25) is 14.8 Å². The first-order chi connectivity index (χ1) is 17.5. The molecule has 0 spiro atoms. The maximum absolute atomic E-state index is 13.3. The predicted molar refractivity (Wildman–Crippen MR) is 133 cm³/mol. The van der Waals surface area contributed by atoms with E-state index in [0.29, 0.717) is 5.69 Å². The second-order valence-corrected chi connectivity index (χ2v) is 8.76. The van der Waals surface area contributed by atoms with E-state index in [0.717, 1.165) is 22.0 Å². The van der Waals surface area contributed by atoms with Gasteiger partial charge in [0.15, 0.2) is 0 Å². The first kappa shape index (κ1) is 24.9. The number of para-hydroxylation sites is 1. The molecule has 0 fully saturated rings. The third kappa shape index (κ3) is 6.46. The Morgan fingerprint density at radius 2 is 1.72 bits per heavy atom. The average Bonchev–Trinajstić information content (AvgIpc) is 3.57. The number of hydrogen-bond acceptors (Lipinski definition) is 7. The van der Waals surface area contributed by atoms with Gasteiger partial charge in [0.05, 0.1) is 11.2 Å². The van der Waals surface area contributed by atoms with Crippen LogP contribution in [0.15, 0.2) is 71.7 Å². The second kappa shape index (κ2) is 12.0. The first-order valence-electron chi connectivity index (χ1n) is 11.2. The molecular weight excluding hydrogens is 482 g/mol. The monoisotopic (exact) mass is 507 g/mol. The molecule has 2 unspecified atom stereocenters. The summed E-state index contributed by atoms with van der Waals surface area (Å²) in [5, 5.41) is 17.1. The SMILES string of the molecule is O=C(NC(Cc1c[nH]c2ccccc12)C(=O)NC(Cc1cscn1)C(=O)NO)OCc1ccccc1. The van der Waals surface area contributed by atoms with Gasteiger partial charge in [-0.15, -0.1) is 11.3 Å². The second-order valence-electron chi connectivity index (χ2n) is 8.04. The highest BCUT2D eigenvalue weighted by Crippen LogP contribution is 2.19. The van der Waals surface area contributed by atoms with E-state index >= 15 is 0 Å². The first-order valence-corrected chi connectivity index (χ1v) is 12.1. The molecule has 5 N–H and O–H groups in total. The maximum atomic E-state index is 13.3. The number of nitrogens with zero attached hydrogens (tertiary/aromatic N) is 1. The van der Waals surface area contributed by atoms with Gasteiger partial charge in [0.2, 0.25) is 5.91 Å². The van der Waals surface area contributed by atoms with Gasteiger partial charge in [0.1, 0.15) is 18.7 Å². The normalized spacial score (nSPS) is 12.5. The Kier molecular flexibility index (Phi) is 8.27. The Morgan fingerprint density at radius 1 is 0.972 bits per heavy atom. The van der Waals surface area contributed by atoms with Crippen molar-refractivity contribution in [2.24, 2.45) is 0 Å². The standard InChI is InChI=1S/C25H25N5O5S/c31-23(28-22(24(32)30-34)11-18-14-36-15-27-18)21(10-17-12-26-20-9-5-4-8-19(17)20)29-25(33)35-13-16-6-2-1-3-7-16/h1-9,12,14-15,21-22,26,34H,10-11,13H2,(H,28,31)(H,29,33)(H,30,32). The van der Waals surface area contributed by atoms with Crippen molar-refractivity contribution >= 4 is 40.1 Å². The molecule has 0 radical (unpaired) electrons. The van der Waals surface area contributed by atoms with E-state index in [-0.39, 0.29) is 19.4 Å². The summed E-state index contributed by atoms with van der Waals surface area (Å²) in [4.78, 5) is 45.4. The van der Waals surface area contributed by atoms with E-state index in [1.807, 2.05) is 54.6 Å². The van der Waals surface area contributed by atoms with Crippen molar-refractivity contribution in [3.63, 3.8) is 0 Å². The summed E-state index contributed by atoms with van der Waals surface area (Å²) < 4.78 is 5.31. The van der Waals surface area contributed by atoms with Crippen molar-refractivity contribution in [2.75, 3.05) is 0 Å². The molecule has 3 amide bonds. The zero-order valence-corrected chi connectivity index (χ0v) is 20.0. The molecule has 0 aliphatic heterocycles. The molecule has 36 heavy (non-hydrogen) atoms. The molecule has 11 heteroatoms. The van der Waals surface area contributed by atoms with E-state index in [9.17, 15) is 19.6 Å². The third-order valence-corrected chi connectivity index (χ3v) is 6.20. The Bertz CT molecular complexity index is 1310. The van der Waals surface area contributed by atoms with E-state index in [2.05, 4.69) is 20.6 Å². The van der Waals surface area contributed by atoms with Crippen LogP contribution in [0.1, 0.15) is 16.8 Å². The van der Waals surface area contributed by atoms with Gasteiger partial charge < -0.3 is 20.4 Å². The molecule has 2 aromatic carbocycles. The van der Waals surface area contributed by atoms with Gasteiger partial charge in [0, 0.05) is 35.3 Å². The van der Waals surface area contributed by atoms with E-state index in [4.69, 9.17) is 4.74 Å². The molecule has 4 rings (SSSR count). The van der Waals surface area contributed by atoms with Crippen LogP contribution >= 0.6 is 11.3 Å². The maximum Gasteiger partial charge on any atom is 0.408 e. The van der Waals surface area contributed by atoms with Crippen molar-refractivity contribution in [3.8, 4) is 0 Å². The minimum absolute atomic E-state index is 0.0352. The van der Waals surface area contributed by atoms with Gasteiger partial charge in [-0.05, 0) is 17.2 Å². The number of aromatic nitrogens is 2. The Hall–Kier alpha value is -4.22. The van der Waals surface area contributed by atoms with Crippen molar-refractivity contribution in [1.82, 2.24) is 26.1 Å². The molecule has 0 aliphatic carbocycles. The highest BCUT2D eigenvalue weighted by atomic mass is 32.1. The lowest BCUT2D eigenvalue weighted by atomic mass is 10.0. The van der Waals surface area contributed by atoms with Gasteiger partial charge in [-0.1, -0.05) is 48.5 Å². The van der Waals surface area contributed by atoms with Crippen molar-refractivity contribution in [2.45, 2.75) is 31.5 Å². The summed E-state index contributed by atoms with van der Waals surface area (Å²) in [6, 6.07) is 14.6. The smallest absolute Gasteiger partial charge is 0.408 e. The van der Waals surface area contributed by atoms with Crippen molar-refractivity contribution in [1.29, 1.82) is 0 Å². The fraction of sp³-hybridized carbons (Fsp3) is 0.200. The quantitative estimate of drug-likeness (QED) is 0.165. The van der Waals surface area contributed by atoms with E-state index < -0.39 is 30.0 Å². The lowest BCUT2D eigenvalue weighted by molar-refractivity contribution is -0.135. The number of benzene rings is 2. The molecule has 0 bridgehead atoms. The van der Waals surface area contributed by atoms with E-state index in [1.165, 1.54) is 11.3 Å². The van der Waals surface area contributed by atoms with Crippen LogP contribution in [0.3, 0.4) is 0 Å².